The normalized spacial score (nSPS) is 10.9. The van der Waals surface area contributed by atoms with Crippen LogP contribution in [-0.4, -0.2) is 15.6 Å². The molecule has 0 bridgehead atoms. The van der Waals surface area contributed by atoms with Gasteiger partial charge in [0.2, 0.25) is 5.43 Å². The molecule has 0 radical (unpaired) electrons. The van der Waals surface area contributed by atoms with Gasteiger partial charge in [0.25, 0.3) is 0 Å². The van der Waals surface area contributed by atoms with Crippen molar-refractivity contribution >= 4 is 29.2 Å². The maximum absolute atomic E-state index is 14.4. The SMILES string of the molecule is CCn1c(C)c(-c2ccccc2F)c(=O)c(C(=O)O)c1-c1ccc(Cl)c(Cl)c1. The van der Waals surface area contributed by atoms with Crippen LogP contribution in [0.5, 0.6) is 0 Å². The number of carboxylic acids is 1. The van der Waals surface area contributed by atoms with Gasteiger partial charge in [-0.2, -0.15) is 0 Å². The summed E-state index contributed by atoms with van der Waals surface area (Å²) in [6, 6.07) is 10.5. The van der Waals surface area contributed by atoms with Crippen molar-refractivity contribution in [2.75, 3.05) is 0 Å². The van der Waals surface area contributed by atoms with Crippen molar-refractivity contribution in [3.05, 3.63) is 79.8 Å². The average molecular weight is 420 g/mol. The Morgan fingerprint density at radius 2 is 1.82 bits per heavy atom. The zero-order valence-electron chi connectivity index (χ0n) is 15.1. The molecule has 1 heterocycles. The van der Waals surface area contributed by atoms with E-state index in [-0.39, 0.29) is 21.8 Å². The van der Waals surface area contributed by atoms with E-state index in [2.05, 4.69) is 0 Å². The van der Waals surface area contributed by atoms with Crippen molar-refractivity contribution in [2.24, 2.45) is 0 Å². The molecule has 1 aromatic heterocycles. The zero-order chi connectivity index (χ0) is 20.6. The summed E-state index contributed by atoms with van der Waals surface area (Å²) in [6.45, 7) is 3.85. The lowest BCUT2D eigenvalue weighted by molar-refractivity contribution is 0.0695. The number of rotatable bonds is 4. The second-order valence-electron chi connectivity index (χ2n) is 6.17. The van der Waals surface area contributed by atoms with Gasteiger partial charge < -0.3 is 9.67 Å². The Bertz CT molecular complexity index is 1160. The molecule has 0 aliphatic rings. The van der Waals surface area contributed by atoms with Crippen LogP contribution in [0.1, 0.15) is 23.0 Å². The fourth-order valence-electron chi connectivity index (χ4n) is 3.35. The topological polar surface area (TPSA) is 59.3 Å². The van der Waals surface area contributed by atoms with E-state index in [0.717, 1.165) is 0 Å². The number of aromatic carboxylic acids is 1. The van der Waals surface area contributed by atoms with Gasteiger partial charge in [-0.05, 0) is 32.0 Å². The second kappa shape index (κ2) is 7.78. The molecular weight excluding hydrogens is 404 g/mol. The Morgan fingerprint density at radius 1 is 1.14 bits per heavy atom. The molecule has 0 saturated heterocycles. The summed E-state index contributed by atoms with van der Waals surface area (Å²) < 4.78 is 16.1. The third kappa shape index (κ3) is 3.32. The maximum atomic E-state index is 14.4. The lowest BCUT2D eigenvalue weighted by Crippen LogP contribution is -2.25. The summed E-state index contributed by atoms with van der Waals surface area (Å²) in [7, 11) is 0. The largest absolute Gasteiger partial charge is 0.477 e. The summed E-state index contributed by atoms with van der Waals surface area (Å²) in [4.78, 5) is 25.2. The lowest BCUT2D eigenvalue weighted by Gasteiger charge is -2.21. The minimum absolute atomic E-state index is 0.0289. The molecule has 7 heteroatoms. The van der Waals surface area contributed by atoms with Crippen LogP contribution >= 0.6 is 23.2 Å². The van der Waals surface area contributed by atoms with Crippen LogP contribution in [0.15, 0.2) is 47.3 Å². The fraction of sp³-hybridized carbons (Fsp3) is 0.143. The van der Waals surface area contributed by atoms with Crippen molar-refractivity contribution in [3.63, 3.8) is 0 Å². The Kier molecular flexibility index (Phi) is 5.59. The Hall–Kier alpha value is -2.63. The molecule has 0 amide bonds. The lowest BCUT2D eigenvalue weighted by atomic mass is 9.96. The zero-order valence-corrected chi connectivity index (χ0v) is 16.6. The summed E-state index contributed by atoms with van der Waals surface area (Å²) in [6.07, 6.45) is 0. The number of nitrogens with zero attached hydrogens (tertiary/aromatic N) is 1. The molecule has 0 saturated carbocycles. The quantitative estimate of drug-likeness (QED) is 0.593. The fourth-order valence-corrected chi connectivity index (χ4v) is 3.65. The van der Waals surface area contributed by atoms with Gasteiger partial charge in [-0.25, -0.2) is 9.18 Å². The van der Waals surface area contributed by atoms with E-state index in [9.17, 15) is 19.1 Å². The molecule has 1 N–H and O–H groups in total. The second-order valence-corrected chi connectivity index (χ2v) is 6.99. The molecule has 0 unspecified atom stereocenters. The van der Waals surface area contributed by atoms with Crippen molar-refractivity contribution in [3.8, 4) is 22.4 Å². The highest BCUT2D eigenvalue weighted by Crippen LogP contribution is 2.33. The van der Waals surface area contributed by atoms with Gasteiger partial charge in [-0.3, -0.25) is 4.79 Å². The van der Waals surface area contributed by atoms with Gasteiger partial charge in [-0.15, -0.1) is 0 Å². The molecule has 2 aromatic carbocycles. The van der Waals surface area contributed by atoms with Gasteiger partial charge in [-0.1, -0.05) is 47.5 Å². The van der Waals surface area contributed by atoms with E-state index in [1.54, 1.807) is 23.6 Å². The van der Waals surface area contributed by atoms with E-state index in [1.807, 2.05) is 6.92 Å². The smallest absolute Gasteiger partial charge is 0.341 e. The highest BCUT2D eigenvalue weighted by atomic mass is 35.5. The minimum Gasteiger partial charge on any atom is -0.477 e. The average Bonchev–Trinajstić information content (AvgIpc) is 2.64. The van der Waals surface area contributed by atoms with Crippen LogP contribution in [0.4, 0.5) is 4.39 Å². The standard InChI is InChI=1S/C21H16Cl2FNO3/c1-3-25-11(2)17(13-6-4-5-7-16(13)24)20(26)18(21(27)28)19(25)12-8-9-14(22)15(23)10-12/h4-10H,3H2,1-2H3,(H,27,28). The van der Waals surface area contributed by atoms with Crippen molar-refractivity contribution < 1.29 is 14.3 Å². The molecule has 0 fully saturated rings. The Morgan fingerprint density at radius 3 is 2.39 bits per heavy atom. The van der Waals surface area contributed by atoms with Gasteiger partial charge in [0.05, 0.1) is 21.3 Å². The number of carbonyl (C=O) groups is 1. The van der Waals surface area contributed by atoms with Crippen LogP contribution in [0.25, 0.3) is 22.4 Å². The highest BCUT2D eigenvalue weighted by Gasteiger charge is 2.26. The summed E-state index contributed by atoms with van der Waals surface area (Å²) in [5.74, 6) is -1.99. The molecule has 0 aliphatic carbocycles. The third-order valence-electron chi connectivity index (χ3n) is 4.59. The molecule has 3 rings (SSSR count). The predicted molar refractivity (Wildman–Crippen MR) is 109 cm³/mol. The number of pyridine rings is 1. The maximum Gasteiger partial charge on any atom is 0.341 e. The summed E-state index contributed by atoms with van der Waals surface area (Å²) in [5, 5.41) is 10.4. The minimum atomic E-state index is -1.40. The van der Waals surface area contributed by atoms with Crippen molar-refractivity contribution in [1.82, 2.24) is 4.57 Å². The monoisotopic (exact) mass is 419 g/mol. The van der Waals surface area contributed by atoms with Crippen LogP contribution in [-0.2, 0) is 6.54 Å². The first-order chi connectivity index (χ1) is 13.3. The van der Waals surface area contributed by atoms with Crippen LogP contribution in [0, 0.1) is 12.7 Å². The molecule has 144 valence electrons. The molecule has 0 spiro atoms. The first-order valence-corrected chi connectivity index (χ1v) is 9.24. The molecular formula is C21H16Cl2FNO3. The number of carboxylic acid groups (broad SMARTS) is 1. The van der Waals surface area contributed by atoms with Gasteiger partial charge >= 0.3 is 5.97 Å². The highest BCUT2D eigenvalue weighted by molar-refractivity contribution is 6.42. The Balaban J connectivity index is 2.49. The molecule has 0 atom stereocenters. The number of hydrogen-bond donors (Lipinski definition) is 1. The molecule has 0 aliphatic heterocycles. The van der Waals surface area contributed by atoms with Crippen LogP contribution in [0.2, 0.25) is 10.0 Å². The van der Waals surface area contributed by atoms with Crippen LogP contribution in [0.3, 0.4) is 0 Å². The third-order valence-corrected chi connectivity index (χ3v) is 5.33. The van der Waals surface area contributed by atoms with Gasteiger partial charge in [0.15, 0.2) is 0 Å². The van der Waals surface area contributed by atoms with E-state index < -0.39 is 22.8 Å². The molecule has 3 aromatic rings. The molecule has 28 heavy (non-hydrogen) atoms. The number of halogens is 3. The van der Waals surface area contributed by atoms with Crippen molar-refractivity contribution in [1.29, 1.82) is 0 Å². The predicted octanol–water partition coefficient (Wildman–Crippen LogP) is 5.65. The van der Waals surface area contributed by atoms with Crippen LogP contribution < -0.4 is 5.43 Å². The van der Waals surface area contributed by atoms with E-state index in [4.69, 9.17) is 23.2 Å². The first-order valence-electron chi connectivity index (χ1n) is 8.48. The Labute approximate surface area is 170 Å². The first kappa shape index (κ1) is 20.1. The van der Waals surface area contributed by atoms with E-state index in [1.165, 1.54) is 30.3 Å². The van der Waals surface area contributed by atoms with E-state index >= 15 is 0 Å². The molecule has 4 nitrogen and oxygen atoms in total. The summed E-state index contributed by atoms with van der Waals surface area (Å²) >= 11 is 12.1. The number of aromatic nitrogens is 1. The van der Waals surface area contributed by atoms with Gasteiger partial charge in [0.1, 0.15) is 11.4 Å². The van der Waals surface area contributed by atoms with E-state index in [0.29, 0.717) is 22.8 Å². The summed E-state index contributed by atoms with van der Waals surface area (Å²) in [5.41, 5.74) is 0.00951. The number of benzene rings is 2. The number of hydrogen-bond acceptors (Lipinski definition) is 2. The van der Waals surface area contributed by atoms with Crippen molar-refractivity contribution in [2.45, 2.75) is 20.4 Å². The van der Waals surface area contributed by atoms with Gasteiger partial charge in [0, 0.05) is 23.4 Å².